The number of carbonyl (C=O) groups excluding carboxylic acids is 1. The fourth-order valence-electron chi connectivity index (χ4n) is 2.78. The van der Waals surface area contributed by atoms with Crippen LogP contribution in [0.1, 0.15) is 30.8 Å². The van der Waals surface area contributed by atoms with Gasteiger partial charge in [-0.25, -0.2) is 4.98 Å². The molecule has 0 radical (unpaired) electrons. The van der Waals surface area contributed by atoms with Gasteiger partial charge in [0.1, 0.15) is 11.4 Å². The van der Waals surface area contributed by atoms with Crippen LogP contribution in [-0.2, 0) is 0 Å². The molecular weight excluding hydrogens is 383 g/mol. The van der Waals surface area contributed by atoms with Crippen LogP contribution in [0.2, 0.25) is 0 Å². The maximum atomic E-state index is 12.5. The number of imidazole rings is 1. The molecule has 1 atom stereocenters. The van der Waals surface area contributed by atoms with E-state index >= 15 is 0 Å². The summed E-state index contributed by atoms with van der Waals surface area (Å²) in [6.07, 6.45) is -0.961. The van der Waals surface area contributed by atoms with Crippen molar-refractivity contribution in [2.24, 2.45) is 0 Å². The number of hydrogen-bond acceptors (Lipinski definition) is 3. The Morgan fingerprint density at radius 1 is 1.17 bits per heavy atom. The Kier molecular flexibility index (Phi) is 5.91. The summed E-state index contributed by atoms with van der Waals surface area (Å²) >= 11 is 0. The van der Waals surface area contributed by atoms with Crippen LogP contribution < -0.4 is 10.1 Å². The highest BCUT2D eigenvalue weighted by Crippen LogP contribution is 2.29. The van der Waals surface area contributed by atoms with Gasteiger partial charge >= 0.3 is 6.36 Å². The molecule has 1 heterocycles. The topological polar surface area (TPSA) is 56.2 Å². The fourth-order valence-corrected chi connectivity index (χ4v) is 2.78. The quantitative estimate of drug-likeness (QED) is 0.633. The molecule has 2 aromatic carbocycles. The first-order valence-electron chi connectivity index (χ1n) is 9.06. The number of aromatic nitrogens is 2. The van der Waals surface area contributed by atoms with E-state index in [-0.39, 0.29) is 17.7 Å². The van der Waals surface area contributed by atoms with Crippen LogP contribution in [0.5, 0.6) is 5.75 Å². The molecule has 152 valence electrons. The number of amides is 1. The number of benzene rings is 2. The molecule has 1 N–H and O–H groups in total. The third kappa shape index (κ3) is 5.16. The number of ether oxygens (including phenoxy) is 1. The lowest BCUT2D eigenvalue weighted by molar-refractivity contribution is -0.274. The van der Waals surface area contributed by atoms with Crippen molar-refractivity contribution < 1.29 is 22.7 Å². The highest BCUT2D eigenvalue weighted by molar-refractivity contribution is 5.93. The Morgan fingerprint density at radius 2 is 1.86 bits per heavy atom. The maximum Gasteiger partial charge on any atom is 0.573 e. The minimum absolute atomic E-state index is 0.0218. The zero-order valence-corrected chi connectivity index (χ0v) is 15.9. The van der Waals surface area contributed by atoms with E-state index in [1.807, 2.05) is 13.8 Å². The molecule has 3 rings (SSSR count). The van der Waals surface area contributed by atoms with Gasteiger partial charge in [-0.1, -0.05) is 31.2 Å². The van der Waals surface area contributed by atoms with Gasteiger partial charge in [0.05, 0.1) is 12.5 Å². The molecule has 0 aliphatic carbocycles. The van der Waals surface area contributed by atoms with Gasteiger partial charge in [-0.3, -0.25) is 9.36 Å². The second-order valence-electron chi connectivity index (χ2n) is 6.56. The molecule has 0 bridgehead atoms. The van der Waals surface area contributed by atoms with Gasteiger partial charge in [-0.2, -0.15) is 0 Å². The number of nitrogens with one attached hydrogen (secondary N) is 1. The highest BCUT2D eigenvalue weighted by atomic mass is 19.4. The maximum absolute atomic E-state index is 12.5. The van der Waals surface area contributed by atoms with Crippen molar-refractivity contribution in [2.75, 3.05) is 0 Å². The Bertz CT molecular complexity index is 999. The van der Waals surface area contributed by atoms with Gasteiger partial charge in [0.25, 0.3) is 5.91 Å². The van der Waals surface area contributed by atoms with Gasteiger partial charge in [-0.05, 0) is 48.7 Å². The van der Waals surface area contributed by atoms with E-state index in [1.165, 1.54) is 30.7 Å². The van der Waals surface area contributed by atoms with E-state index in [2.05, 4.69) is 15.0 Å². The first-order valence-corrected chi connectivity index (χ1v) is 9.06. The predicted octanol–water partition coefficient (Wildman–Crippen LogP) is 4.97. The second-order valence-corrected chi connectivity index (χ2v) is 6.56. The molecule has 1 amide bonds. The zero-order chi connectivity index (χ0) is 21.0. The van der Waals surface area contributed by atoms with Crippen LogP contribution >= 0.6 is 0 Å². The molecule has 0 saturated heterocycles. The van der Waals surface area contributed by atoms with Crippen LogP contribution in [-0.4, -0.2) is 27.9 Å². The van der Waals surface area contributed by atoms with Gasteiger partial charge in [-0.15, -0.1) is 13.2 Å². The lowest BCUT2D eigenvalue weighted by Gasteiger charge is -2.14. The van der Waals surface area contributed by atoms with E-state index in [9.17, 15) is 18.0 Å². The smallest absolute Gasteiger partial charge is 0.406 e. The summed E-state index contributed by atoms with van der Waals surface area (Å²) in [6.45, 7) is 3.89. The van der Waals surface area contributed by atoms with Crippen molar-refractivity contribution in [3.63, 3.8) is 0 Å². The molecule has 0 spiro atoms. The van der Waals surface area contributed by atoms with E-state index in [4.69, 9.17) is 0 Å². The van der Waals surface area contributed by atoms with Gasteiger partial charge in [0.2, 0.25) is 0 Å². The highest BCUT2D eigenvalue weighted by Gasteiger charge is 2.31. The van der Waals surface area contributed by atoms with Gasteiger partial charge < -0.3 is 10.1 Å². The Labute approximate surface area is 166 Å². The minimum Gasteiger partial charge on any atom is -0.406 e. The van der Waals surface area contributed by atoms with Crippen molar-refractivity contribution in [3.05, 3.63) is 66.7 Å². The van der Waals surface area contributed by atoms with Crippen LogP contribution in [0.4, 0.5) is 13.2 Å². The summed E-state index contributed by atoms with van der Waals surface area (Å²) < 4.78 is 43.1. The second kappa shape index (κ2) is 8.38. The van der Waals surface area contributed by atoms with Crippen molar-refractivity contribution in [1.29, 1.82) is 0 Å². The predicted molar refractivity (Wildman–Crippen MR) is 103 cm³/mol. The summed E-state index contributed by atoms with van der Waals surface area (Å²) in [7, 11) is 0. The van der Waals surface area contributed by atoms with Crippen molar-refractivity contribution in [2.45, 2.75) is 32.7 Å². The first-order chi connectivity index (χ1) is 13.8. The van der Waals surface area contributed by atoms with Crippen LogP contribution in [0.25, 0.3) is 16.8 Å². The zero-order valence-electron chi connectivity index (χ0n) is 15.9. The Morgan fingerprint density at radius 3 is 2.55 bits per heavy atom. The van der Waals surface area contributed by atoms with Crippen molar-refractivity contribution in [1.82, 2.24) is 14.9 Å². The summed E-state index contributed by atoms with van der Waals surface area (Å²) in [5.41, 5.74) is 2.27. The summed E-state index contributed by atoms with van der Waals surface area (Å²) in [5.74, 6) is -0.542. The van der Waals surface area contributed by atoms with Gasteiger partial charge in [0, 0.05) is 11.7 Å². The molecule has 0 fully saturated rings. The Hall–Kier alpha value is -3.29. The number of rotatable bonds is 6. The molecule has 5 nitrogen and oxygen atoms in total. The molecule has 29 heavy (non-hydrogen) atoms. The van der Waals surface area contributed by atoms with Crippen LogP contribution in [0.15, 0.2) is 61.1 Å². The van der Waals surface area contributed by atoms with Crippen molar-refractivity contribution in [3.8, 4) is 22.6 Å². The molecule has 3 aromatic rings. The monoisotopic (exact) mass is 403 g/mol. The third-order valence-corrected chi connectivity index (χ3v) is 4.39. The largest absolute Gasteiger partial charge is 0.573 e. The summed E-state index contributed by atoms with van der Waals surface area (Å²) in [5, 5.41) is 2.89. The molecule has 1 unspecified atom stereocenters. The Balaban J connectivity index is 1.91. The van der Waals surface area contributed by atoms with E-state index < -0.39 is 6.36 Å². The molecule has 1 aromatic heterocycles. The van der Waals surface area contributed by atoms with E-state index in [1.54, 1.807) is 34.9 Å². The number of alkyl halides is 3. The standard InChI is InChI=1S/C21H20F3N3O2/c1-3-14(2)26-20(28)19-12-25-13-27(19)17-8-4-6-15(10-17)16-7-5-9-18(11-16)29-21(22,23)24/h4-14H,3H2,1-2H3,(H,26,28). The lowest BCUT2D eigenvalue weighted by Crippen LogP contribution is -2.33. The minimum atomic E-state index is -4.75. The lowest BCUT2D eigenvalue weighted by atomic mass is 10.0. The van der Waals surface area contributed by atoms with Crippen LogP contribution in [0.3, 0.4) is 0 Å². The fraction of sp³-hybridized carbons (Fsp3) is 0.238. The van der Waals surface area contributed by atoms with Gasteiger partial charge in [0.15, 0.2) is 0 Å². The normalized spacial score (nSPS) is 12.4. The van der Waals surface area contributed by atoms with E-state index in [0.717, 1.165) is 6.42 Å². The number of hydrogen-bond donors (Lipinski definition) is 1. The average molecular weight is 403 g/mol. The number of halogens is 3. The average Bonchev–Trinajstić information content (AvgIpc) is 3.17. The number of nitrogens with zero attached hydrogens (tertiary/aromatic N) is 2. The molecular formula is C21H20F3N3O2. The number of carbonyl (C=O) groups is 1. The summed E-state index contributed by atoms with van der Waals surface area (Å²) in [4.78, 5) is 16.6. The van der Waals surface area contributed by atoms with Crippen molar-refractivity contribution >= 4 is 5.91 Å². The summed E-state index contributed by atoms with van der Waals surface area (Å²) in [6, 6.07) is 12.9. The first kappa shape index (κ1) is 20.4. The molecule has 0 aliphatic rings. The SMILES string of the molecule is CCC(C)NC(=O)c1cncn1-c1cccc(-c2cccc(OC(F)(F)F)c2)c1. The molecule has 0 saturated carbocycles. The van der Waals surface area contributed by atoms with Crippen LogP contribution in [0, 0.1) is 0 Å². The van der Waals surface area contributed by atoms with E-state index in [0.29, 0.717) is 22.5 Å². The molecule has 0 aliphatic heterocycles. The third-order valence-electron chi connectivity index (χ3n) is 4.39. The molecule has 8 heteroatoms.